The number of benzene rings is 3. The van der Waals surface area contributed by atoms with E-state index < -0.39 is 0 Å². The number of hydrogen-bond donors (Lipinski definition) is 2. The second kappa shape index (κ2) is 7.31. The van der Waals surface area contributed by atoms with E-state index in [2.05, 4.69) is 11.5 Å². The summed E-state index contributed by atoms with van der Waals surface area (Å²) in [6, 6.07) is 26.7. The number of aromatic nitrogens is 1. The molecule has 3 N–H and O–H groups in total. The van der Waals surface area contributed by atoms with Gasteiger partial charge in [0.1, 0.15) is 0 Å². The molecule has 1 amide bonds. The van der Waals surface area contributed by atoms with E-state index in [0.717, 1.165) is 27.6 Å². The maximum Gasteiger partial charge on any atom is 0.265 e. The van der Waals surface area contributed by atoms with Crippen molar-refractivity contribution in [3.05, 3.63) is 90.0 Å². The predicted molar refractivity (Wildman–Crippen MR) is 109 cm³/mol. The Morgan fingerprint density at radius 1 is 0.893 bits per heavy atom. The fourth-order valence-corrected chi connectivity index (χ4v) is 3.16. The SMILES string of the molecule is N#Cc1ccc(-c2ccc(-c3cc(C(=O)NN)c4ccccc4n3)cc2)cc1. The zero-order chi connectivity index (χ0) is 19.5. The van der Waals surface area contributed by atoms with Gasteiger partial charge in [-0.1, -0.05) is 54.6 Å². The summed E-state index contributed by atoms with van der Waals surface area (Å²) >= 11 is 0. The highest BCUT2D eigenvalue weighted by atomic mass is 16.2. The number of nitrogen functional groups attached to an aromatic ring is 1. The molecule has 0 saturated carbocycles. The molecular weight excluding hydrogens is 348 g/mol. The van der Waals surface area contributed by atoms with Crippen molar-refractivity contribution in [1.82, 2.24) is 10.4 Å². The number of carbonyl (C=O) groups is 1. The molecule has 0 atom stereocenters. The molecule has 0 aliphatic heterocycles. The molecule has 5 heteroatoms. The van der Waals surface area contributed by atoms with E-state index in [9.17, 15) is 4.79 Å². The third-order valence-corrected chi connectivity index (χ3v) is 4.62. The van der Waals surface area contributed by atoms with Gasteiger partial charge in [0.25, 0.3) is 5.91 Å². The number of hydrogen-bond acceptors (Lipinski definition) is 4. The number of nitrogens with one attached hydrogen (secondary N) is 1. The summed E-state index contributed by atoms with van der Waals surface area (Å²) in [5.74, 6) is 5.00. The molecule has 1 aromatic heterocycles. The van der Waals surface area contributed by atoms with E-state index in [-0.39, 0.29) is 5.91 Å². The van der Waals surface area contributed by atoms with Crippen LogP contribution in [0.4, 0.5) is 0 Å². The molecule has 0 aliphatic carbocycles. The van der Waals surface area contributed by atoms with Crippen LogP contribution in [-0.4, -0.2) is 10.9 Å². The first-order valence-electron chi connectivity index (χ1n) is 8.71. The topological polar surface area (TPSA) is 91.8 Å². The van der Waals surface area contributed by atoms with Gasteiger partial charge in [-0.05, 0) is 35.4 Å². The lowest BCUT2D eigenvalue weighted by Crippen LogP contribution is -2.30. The van der Waals surface area contributed by atoms with Crippen molar-refractivity contribution < 1.29 is 4.79 Å². The third-order valence-electron chi connectivity index (χ3n) is 4.62. The maximum atomic E-state index is 12.2. The zero-order valence-corrected chi connectivity index (χ0v) is 14.9. The van der Waals surface area contributed by atoms with Gasteiger partial charge >= 0.3 is 0 Å². The van der Waals surface area contributed by atoms with Gasteiger partial charge in [-0.2, -0.15) is 5.26 Å². The standard InChI is InChI=1S/C23H16N4O/c24-14-15-5-7-16(8-6-15)17-9-11-18(12-10-17)22-13-20(23(28)27-25)19-3-1-2-4-21(19)26-22/h1-13H,25H2,(H,27,28). The number of nitriles is 1. The van der Waals surface area contributed by atoms with Gasteiger partial charge in [0.05, 0.1) is 28.4 Å². The minimum absolute atomic E-state index is 0.353. The molecule has 4 aromatic rings. The van der Waals surface area contributed by atoms with Gasteiger partial charge in [-0.25, -0.2) is 10.8 Å². The number of hydrazine groups is 1. The van der Waals surface area contributed by atoms with E-state index >= 15 is 0 Å². The lowest BCUT2D eigenvalue weighted by Gasteiger charge is -2.09. The summed E-state index contributed by atoms with van der Waals surface area (Å²) in [6.07, 6.45) is 0. The highest BCUT2D eigenvalue weighted by Gasteiger charge is 2.13. The highest BCUT2D eigenvalue weighted by molar-refractivity contribution is 6.07. The first-order valence-corrected chi connectivity index (χ1v) is 8.71. The van der Waals surface area contributed by atoms with Crippen LogP contribution < -0.4 is 11.3 Å². The Bertz CT molecular complexity index is 1210. The largest absolute Gasteiger partial charge is 0.290 e. The highest BCUT2D eigenvalue weighted by Crippen LogP contribution is 2.27. The van der Waals surface area contributed by atoms with Gasteiger partial charge < -0.3 is 0 Å². The molecule has 28 heavy (non-hydrogen) atoms. The number of rotatable bonds is 3. The minimum atomic E-state index is -0.353. The molecule has 0 spiro atoms. The van der Waals surface area contributed by atoms with Crippen LogP contribution >= 0.6 is 0 Å². The summed E-state index contributed by atoms with van der Waals surface area (Å²) in [5.41, 5.74) is 7.71. The van der Waals surface area contributed by atoms with Crippen LogP contribution in [0.1, 0.15) is 15.9 Å². The van der Waals surface area contributed by atoms with E-state index in [4.69, 9.17) is 16.1 Å². The summed E-state index contributed by atoms with van der Waals surface area (Å²) in [4.78, 5) is 16.9. The molecule has 1 heterocycles. The average molecular weight is 364 g/mol. The maximum absolute atomic E-state index is 12.2. The summed E-state index contributed by atoms with van der Waals surface area (Å²) in [7, 11) is 0. The quantitative estimate of drug-likeness (QED) is 0.326. The van der Waals surface area contributed by atoms with Crippen LogP contribution in [0, 0.1) is 11.3 Å². The second-order valence-electron chi connectivity index (χ2n) is 6.31. The average Bonchev–Trinajstić information content (AvgIpc) is 2.78. The van der Waals surface area contributed by atoms with E-state index in [1.165, 1.54) is 0 Å². The van der Waals surface area contributed by atoms with Crippen molar-refractivity contribution in [3.8, 4) is 28.5 Å². The Morgan fingerprint density at radius 3 is 2.14 bits per heavy atom. The second-order valence-corrected chi connectivity index (χ2v) is 6.31. The molecule has 5 nitrogen and oxygen atoms in total. The number of carbonyl (C=O) groups excluding carboxylic acids is 1. The van der Waals surface area contributed by atoms with Crippen molar-refractivity contribution in [2.24, 2.45) is 5.84 Å². The van der Waals surface area contributed by atoms with E-state index in [1.54, 1.807) is 18.2 Å². The molecule has 0 bridgehead atoms. The summed E-state index contributed by atoms with van der Waals surface area (Å²) in [5, 5.41) is 9.68. The summed E-state index contributed by atoms with van der Waals surface area (Å²) in [6.45, 7) is 0. The third kappa shape index (κ3) is 3.20. The number of nitrogens with two attached hydrogens (primary N) is 1. The smallest absolute Gasteiger partial charge is 0.265 e. The van der Waals surface area contributed by atoms with Gasteiger partial charge in [-0.15, -0.1) is 0 Å². The molecule has 3 aromatic carbocycles. The normalized spacial score (nSPS) is 10.4. The minimum Gasteiger partial charge on any atom is -0.290 e. The fraction of sp³-hybridized carbons (Fsp3) is 0. The molecule has 0 unspecified atom stereocenters. The van der Waals surface area contributed by atoms with Crippen LogP contribution in [0.5, 0.6) is 0 Å². The van der Waals surface area contributed by atoms with Crippen molar-refractivity contribution in [1.29, 1.82) is 5.26 Å². The lowest BCUT2D eigenvalue weighted by atomic mass is 10.00. The molecule has 0 radical (unpaired) electrons. The Hall–Kier alpha value is -4.01. The number of para-hydroxylation sites is 1. The van der Waals surface area contributed by atoms with E-state index in [0.29, 0.717) is 16.8 Å². The first kappa shape index (κ1) is 17.4. The molecule has 0 aliphatic rings. The summed E-state index contributed by atoms with van der Waals surface area (Å²) < 4.78 is 0. The first-order chi connectivity index (χ1) is 13.7. The Labute approximate surface area is 162 Å². The zero-order valence-electron chi connectivity index (χ0n) is 14.9. The number of amides is 1. The van der Waals surface area contributed by atoms with Crippen LogP contribution in [0.3, 0.4) is 0 Å². The van der Waals surface area contributed by atoms with Crippen molar-refractivity contribution in [2.75, 3.05) is 0 Å². The Kier molecular flexibility index (Phi) is 4.55. The number of pyridine rings is 1. The lowest BCUT2D eigenvalue weighted by molar-refractivity contribution is 0.0955. The molecule has 4 rings (SSSR count). The van der Waals surface area contributed by atoms with Crippen LogP contribution in [0.2, 0.25) is 0 Å². The number of nitrogens with zero attached hydrogens (tertiary/aromatic N) is 2. The fourth-order valence-electron chi connectivity index (χ4n) is 3.16. The van der Waals surface area contributed by atoms with Crippen LogP contribution in [0.25, 0.3) is 33.3 Å². The monoisotopic (exact) mass is 364 g/mol. The number of fused-ring (bicyclic) bond motifs is 1. The Morgan fingerprint density at radius 2 is 1.50 bits per heavy atom. The van der Waals surface area contributed by atoms with E-state index in [1.807, 2.05) is 60.7 Å². The van der Waals surface area contributed by atoms with Crippen LogP contribution in [-0.2, 0) is 0 Å². The molecular formula is C23H16N4O. The van der Waals surface area contributed by atoms with Crippen LogP contribution in [0.15, 0.2) is 78.9 Å². The van der Waals surface area contributed by atoms with Crippen molar-refractivity contribution >= 4 is 16.8 Å². The molecule has 0 fully saturated rings. The van der Waals surface area contributed by atoms with Gasteiger partial charge in [0.2, 0.25) is 0 Å². The Balaban J connectivity index is 1.75. The van der Waals surface area contributed by atoms with Gasteiger partial charge in [-0.3, -0.25) is 10.2 Å². The molecule has 0 saturated heterocycles. The molecule has 134 valence electrons. The van der Waals surface area contributed by atoms with Gasteiger partial charge in [0.15, 0.2) is 0 Å². The van der Waals surface area contributed by atoms with Crippen molar-refractivity contribution in [2.45, 2.75) is 0 Å². The van der Waals surface area contributed by atoms with Gasteiger partial charge in [0, 0.05) is 10.9 Å². The van der Waals surface area contributed by atoms with Crippen molar-refractivity contribution in [3.63, 3.8) is 0 Å². The predicted octanol–water partition coefficient (Wildman–Crippen LogP) is 4.04.